The summed E-state index contributed by atoms with van der Waals surface area (Å²) >= 11 is 0. The van der Waals surface area contributed by atoms with E-state index in [-0.39, 0.29) is 6.10 Å². The fourth-order valence-electron chi connectivity index (χ4n) is 1.63. The molecule has 1 fully saturated rings. The minimum atomic E-state index is -0.0250. The Bertz CT molecular complexity index is 118. The first-order valence-corrected chi connectivity index (χ1v) is 4.20. The lowest BCUT2D eigenvalue weighted by atomic mass is 9.69. The molecule has 0 aliphatic heterocycles. The van der Waals surface area contributed by atoms with E-state index < -0.39 is 0 Å². The Labute approximate surface area is 63.4 Å². The molecule has 0 aromatic heterocycles. The molecule has 1 N–H and O–H groups in total. The summed E-state index contributed by atoms with van der Waals surface area (Å²) in [4.78, 5) is 0. The van der Waals surface area contributed by atoms with Gasteiger partial charge < -0.3 is 5.11 Å². The summed E-state index contributed by atoms with van der Waals surface area (Å²) < 4.78 is 0. The molecule has 1 saturated carbocycles. The zero-order valence-electron chi connectivity index (χ0n) is 7.22. The molecule has 0 radical (unpaired) electrons. The predicted octanol–water partition coefficient (Wildman–Crippen LogP) is 2.19. The molecule has 1 aliphatic carbocycles. The van der Waals surface area contributed by atoms with Crippen LogP contribution in [-0.2, 0) is 0 Å². The number of aliphatic hydroxyl groups excluding tert-OH is 1. The Morgan fingerprint density at radius 1 is 1.40 bits per heavy atom. The van der Waals surface area contributed by atoms with Gasteiger partial charge in [-0.15, -0.1) is 0 Å². The molecular formula is C9H18O. The average molecular weight is 142 g/mol. The van der Waals surface area contributed by atoms with E-state index in [4.69, 9.17) is 0 Å². The summed E-state index contributed by atoms with van der Waals surface area (Å²) in [6.45, 7) is 6.83. The molecule has 1 unspecified atom stereocenters. The molecule has 0 aromatic rings. The third-order valence-electron chi connectivity index (χ3n) is 3.08. The van der Waals surface area contributed by atoms with Crippen molar-refractivity contribution < 1.29 is 5.11 Å². The van der Waals surface area contributed by atoms with Crippen molar-refractivity contribution in [3.8, 4) is 0 Å². The second-order valence-electron chi connectivity index (χ2n) is 4.32. The van der Waals surface area contributed by atoms with Gasteiger partial charge in [-0.05, 0) is 30.6 Å². The second-order valence-corrected chi connectivity index (χ2v) is 4.32. The quantitative estimate of drug-likeness (QED) is 0.549. The fourth-order valence-corrected chi connectivity index (χ4v) is 1.63. The van der Waals surface area contributed by atoms with E-state index in [9.17, 15) is 5.11 Å². The van der Waals surface area contributed by atoms with Crippen LogP contribution in [0.4, 0.5) is 0 Å². The Hall–Kier alpha value is -0.0400. The van der Waals surface area contributed by atoms with Gasteiger partial charge in [-0.25, -0.2) is 0 Å². The van der Waals surface area contributed by atoms with Gasteiger partial charge in [0.2, 0.25) is 0 Å². The Morgan fingerprint density at radius 3 is 2.40 bits per heavy atom. The number of hydrogen-bond donors (Lipinski definition) is 1. The van der Waals surface area contributed by atoms with E-state index in [1.54, 1.807) is 0 Å². The van der Waals surface area contributed by atoms with Gasteiger partial charge in [-0.1, -0.05) is 20.8 Å². The molecule has 1 rings (SSSR count). The Morgan fingerprint density at radius 2 is 2.00 bits per heavy atom. The Balaban J connectivity index is 2.52. The third kappa shape index (κ3) is 1.51. The smallest absolute Gasteiger partial charge is 0.0543 e. The largest absolute Gasteiger partial charge is 0.393 e. The van der Waals surface area contributed by atoms with E-state index in [2.05, 4.69) is 20.8 Å². The van der Waals surface area contributed by atoms with E-state index in [0.29, 0.717) is 11.3 Å². The average Bonchev–Trinajstić information content (AvgIpc) is 1.81. The predicted molar refractivity (Wildman–Crippen MR) is 42.8 cm³/mol. The summed E-state index contributed by atoms with van der Waals surface area (Å²) in [6, 6.07) is 0. The summed E-state index contributed by atoms with van der Waals surface area (Å²) in [6.07, 6.45) is 3.14. The van der Waals surface area contributed by atoms with Crippen LogP contribution in [0.15, 0.2) is 0 Å². The highest BCUT2D eigenvalue weighted by atomic mass is 16.3. The molecule has 0 amide bonds. The van der Waals surface area contributed by atoms with Crippen LogP contribution < -0.4 is 0 Å². The lowest BCUT2D eigenvalue weighted by Crippen LogP contribution is -2.32. The van der Waals surface area contributed by atoms with Crippen LogP contribution in [0.2, 0.25) is 0 Å². The summed E-state index contributed by atoms with van der Waals surface area (Å²) in [5.74, 6) is 0.677. The maximum atomic E-state index is 9.31. The van der Waals surface area contributed by atoms with Crippen molar-refractivity contribution in [2.75, 3.05) is 0 Å². The van der Waals surface area contributed by atoms with Gasteiger partial charge in [0.1, 0.15) is 0 Å². The molecule has 1 nitrogen and oxygen atoms in total. The normalized spacial score (nSPS) is 39.6. The molecule has 1 aliphatic rings. The molecule has 0 bridgehead atoms. The molecule has 1 heteroatoms. The van der Waals surface area contributed by atoms with E-state index in [1.807, 2.05) is 0 Å². The van der Waals surface area contributed by atoms with E-state index >= 15 is 0 Å². The standard InChI is InChI=1S/C9H18O/c1-7-6-8(10)4-5-9(7,2)3/h7-8,10H,4-6H2,1-3H3/t7?,8-/m0/s1. The fraction of sp³-hybridized carbons (Fsp3) is 1.00. The lowest BCUT2D eigenvalue weighted by molar-refractivity contribution is 0.0367. The minimum absolute atomic E-state index is 0.0250. The number of aliphatic hydroxyl groups is 1. The van der Waals surface area contributed by atoms with Crippen molar-refractivity contribution in [1.82, 2.24) is 0 Å². The zero-order chi connectivity index (χ0) is 7.78. The maximum absolute atomic E-state index is 9.31. The van der Waals surface area contributed by atoms with Crippen molar-refractivity contribution >= 4 is 0 Å². The third-order valence-corrected chi connectivity index (χ3v) is 3.08. The summed E-state index contributed by atoms with van der Waals surface area (Å²) in [7, 11) is 0. The molecule has 0 heterocycles. The molecular weight excluding hydrogens is 124 g/mol. The molecule has 0 aromatic carbocycles. The van der Waals surface area contributed by atoms with Gasteiger partial charge in [0.05, 0.1) is 6.10 Å². The van der Waals surface area contributed by atoms with Crippen molar-refractivity contribution in [1.29, 1.82) is 0 Å². The molecule has 10 heavy (non-hydrogen) atoms. The first-order chi connectivity index (χ1) is 4.52. The van der Waals surface area contributed by atoms with Gasteiger partial charge in [0.15, 0.2) is 0 Å². The van der Waals surface area contributed by atoms with Gasteiger partial charge in [-0.3, -0.25) is 0 Å². The van der Waals surface area contributed by atoms with Crippen LogP contribution in [0.5, 0.6) is 0 Å². The van der Waals surface area contributed by atoms with Crippen LogP contribution in [0, 0.1) is 11.3 Å². The SMILES string of the molecule is CC1C[C@@H](O)CCC1(C)C. The highest BCUT2D eigenvalue weighted by molar-refractivity contribution is 4.83. The first kappa shape index (κ1) is 8.06. The van der Waals surface area contributed by atoms with Crippen molar-refractivity contribution in [2.45, 2.75) is 46.1 Å². The van der Waals surface area contributed by atoms with Gasteiger partial charge in [0, 0.05) is 0 Å². The molecule has 0 saturated heterocycles. The van der Waals surface area contributed by atoms with Gasteiger partial charge >= 0.3 is 0 Å². The highest BCUT2D eigenvalue weighted by Gasteiger charge is 2.32. The van der Waals surface area contributed by atoms with Crippen molar-refractivity contribution in [3.05, 3.63) is 0 Å². The lowest BCUT2D eigenvalue weighted by Gasteiger charge is -2.38. The minimum Gasteiger partial charge on any atom is -0.393 e. The molecule has 0 spiro atoms. The maximum Gasteiger partial charge on any atom is 0.0543 e. The van der Waals surface area contributed by atoms with Crippen molar-refractivity contribution in [2.24, 2.45) is 11.3 Å². The second kappa shape index (κ2) is 2.54. The van der Waals surface area contributed by atoms with E-state index in [1.165, 1.54) is 6.42 Å². The van der Waals surface area contributed by atoms with Crippen LogP contribution in [0.25, 0.3) is 0 Å². The van der Waals surface area contributed by atoms with Crippen LogP contribution in [-0.4, -0.2) is 11.2 Å². The summed E-state index contributed by atoms with van der Waals surface area (Å²) in [5.41, 5.74) is 0.458. The number of rotatable bonds is 0. The van der Waals surface area contributed by atoms with Crippen LogP contribution in [0.3, 0.4) is 0 Å². The zero-order valence-corrected chi connectivity index (χ0v) is 7.22. The molecule has 2 atom stereocenters. The van der Waals surface area contributed by atoms with Gasteiger partial charge in [-0.2, -0.15) is 0 Å². The molecule has 60 valence electrons. The topological polar surface area (TPSA) is 20.2 Å². The van der Waals surface area contributed by atoms with E-state index in [0.717, 1.165) is 12.8 Å². The highest BCUT2D eigenvalue weighted by Crippen LogP contribution is 2.39. The van der Waals surface area contributed by atoms with Crippen LogP contribution in [0.1, 0.15) is 40.0 Å². The monoisotopic (exact) mass is 142 g/mol. The van der Waals surface area contributed by atoms with Crippen LogP contribution >= 0.6 is 0 Å². The first-order valence-electron chi connectivity index (χ1n) is 4.20. The van der Waals surface area contributed by atoms with Gasteiger partial charge in [0.25, 0.3) is 0 Å². The summed E-state index contributed by atoms with van der Waals surface area (Å²) in [5, 5.41) is 9.31. The van der Waals surface area contributed by atoms with Crippen molar-refractivity contribution in [3.63, 3.8) is 0 Å². The Kier molecular flexibility index (Phi) is 2.04. The number of hydrogen-bond acceptors (Lipinski definition) is 1.